The highest BCUT2D eigenvalue weighted by Crippen LogP contribution is 2.23. The molecule has 3 rings (SSSR count). The van der Waals surface area contributed by atoms with E-state index in [0.717, 1.165) is 42.5 Å². The summed E-state index contributed by atoms with van der Waals surface area (Å²) in [5, 5.41) is 7.75. The number of aryl methyl sites for hydroxylation is 1. The molecule has 1 saturated heterocycles. The average molecular weight is 323 g/mol. The number of halogens is 1. The molecule has 4 nitrogen and oxygen atoms in total. The Bertz CT molecular complexity index is 593. The highest BCUT2D eigenvalue weighted by Gasteiger charge is 2.21. The lowest BCUT2D eigenvalue weighted by Crippen LogP contribution is -2.38. The first-order chi connectivity index (χ1) is 10.2. The van der Waals surface area contributed by atoms with Crippen LogP contribution in [-0.2, 0) is 6.54 Å². The van der Waals surface area contributed by atoms with Crippen molar-refractivity contribution in [3.05, 3.63) is 39.9 Å². The summed E-state index contributed by atoms with van der Waals surface area (Å²) in [5.74, 6) is 0. The van der Waals surface area contributed by atoms with Crippen molar-refractivity contribution in [2.75, 3.05) is 18.4 Å². The smallest absolute Gasteiger partial charge is 0.138 e. The molecule has 0 amide bonds. The first kappa shape index (κ1) is 14.8. The predicted octanol–water partition coefficient (Wildman–Crippen LogP) is 3.58. The molecule has 2 heterocycles. The zero-order chi connectivity index (χ0) is 14.7. The van der Waals surface area contributed by atoms with Crippen LogP contribution >= 0.6 is 23.1 Å². The molecule has 0 bridgehead atoms. The molecule has 1 N–H and O–H groups in total. The maximum absolute atomic E-state index is 6.07. The topological polar surface area (TPSA) is 41.0 Å². The second-order valence-electron chi connectivity index (χ2n) is 5.50. The number of benzene rings is 1. The molecule has 1 aromatic carbocycles. The number of hydrogen-bond acceptors (Lipinski definition) is 5. The van der Waals surface area contributed by atoms with Crippen LogP contribution in [0.2, 0.25) is 4.34 Å². The fraction of sp³-hybridized carbons (Fsp3) is 0.467. The maximum atomic E-state index is 6.07. The molecule has 0 radical (unpaired) electrons. The largest absolute Gasteiger partial charge is 0.382 e. The molecule has 0 unspecified atom stereocenters. The summed E-state index contributed by atoms with van der Waals surface area (Å²) < 4.78 is 4.61. The Morgan fingerprint density at radius 3 is 2.76 bits per heavy atom. The van der Waals surface area contributed by atoms with Crippen LogP contribution in [0.4, 0.5) is 5.69 Å². The standard InChI is InChI=1S/C15H19ClN4S/c1-11-4-2-3-5-13(11)17-12-6-8-20(9-7-12)10-14-15(16)21-19-18-14/h2-5,12,17H,6-10H2,1H3. The van der Waals surface area contributed by atoms with E-state index in [1.54, 1.807) is 0 Å². The Labute approximate surface area is 134 Å². The van der Waals surface area contributed by atoms with Gasteiger partial charge in [-0.1, -0.05) is 34.3 Å². The fourth-order valence-corrected chi connectivity index (χ4v) is 3.31. The summed E-state index contributed by atoms with van der Waals surface area (Å²) in [7, 11) is 0. The third-order valence-corrected chi connectivity index (χ3v) is 4.96. The number of hydrogen-bond donors (Lipinski definition) is 1. The van der Waals surface area contributed by atoms with Crippen LogP contribution in [-0.4, -0.2) is 33.6 Å². The van der Waals surface area contributed by atoms with Crippen LogP contribution in [0.5, 0.6) is 0 Å². The first-order valence-corrected chi connectivity index (χ1v) is 8.39. The van der Waals surface area contributed by atoms with E-state index < -0.39 is 0 Å². The van der Waals surface area contributed by atoms with Crippen molar-refractivity contribution >= 4 is 28.8 Å². The summed E-state index contributed by atoms with van der Waals surface area (Å²) in [6, 6.07) is 9.01. The molecule has 0 atom stereocenters. The summed E-state index contributed by atoms with van der Waals surface area (Å²) >= 11 is 7.33. The van der Waals surface area contributed by atoms with E-state index in [-0.39, 0.29) is 0 Å². The molecule has 1 aliphatic rings. The second kappa shape index (κ2) is 6.73. The third kappa shape index (κ3) is 3.73. The monoisotopic (exact) mass is 322 g/mol. The van der Waals surface area contributed by atoms with Gasteiger partial charge in [0.15, 0.2) is 0 Å². The molecule has 1 fully saturated rings. The minimum atomic E-state index is 0.548. The number of aromatic nitrogens is 2. The second-order valence-corrected chi connectivity index (χ2v) is 6.86. The van der Waals surface area contributed by atoms with Crippen molar-refractivity contribution < 1.29 is 0 Å². The molecule has 1 aliphatic heterocycles. The number of rotatable bonds is 4. The van der Waals surface area contributed by atoms with Gasteiger partial charge in [0.05, 0.1) is 0 Å². The van der Waals surface area contributed by atoms with Crippen LogP contribution in [0.3, 0.4) is 0 Å². The molecule has 2 aromatic rings. The first-order valence-electron chi connectivity index (χ1n) is 7.23. The van der Waals surface area contributed by atoms with E-state index in [1.807, 2.05) is 0 Å². The summed E-state index contributed by atoms with van der Waals surface area (Å²) in [5.41, 5.74) is 3.47. The Hall–Kier alpha value is -1.17. The highest BCUT2D eigenvalue weighted by molar-refractivity contribution is 7.10. The predicted molar refractivity (Wildman–Crippen MR) is 88.0 cm³/mol. The van der Waals surface area contributed by atoms with Gasteiger partial charge in [-0.15, -0.1) is 5.10 Å². The number of nitrogens with one attached hydrogen (secondary N) is 1. The van der Waals surface area contributed by atoms with E-state index >= 15 is 0 Å². The van der Waals surface area contributed by atoms with Crippen LogP contribution < -0.4 is 5.32 Å². The van der Waals surface area contributed by atoms with Crippen molar-refractivity contribution in [2.24, 2.45) is 0 Å². The molecule has 112 valence electrons. The molecular formula is C15H19ClN4S. The van der Waals surface area contributed by atoms with Gasteiger partial charge in [0.2, 0.25) is 0 Å². The van der Waals surface area contributed by atoms with Crippen molar-refractivity contribution in [1.29, 1.82) is 0 Å². The van der Waals surface area contributed by atoms with E-state index in [0.29, 0.717) is 6.04 Å². The summed E-state index contributed by atoms with van der Waals surface area (Å²) in [6.45, 7) is 5.09. The highest BCUT2D eigenvalue weighted by atomic mass is 35.5. The van der Waals surface area contributed by atoms with Crippen molar-refractivity contribution in [1.82, 2.24) is 14.5 Å². The minimum Gasteiger partial charge on any atom is -0.382 e. The summed E-state index contributed by atoms with van der Waals surface area (Å²) in [4.78, 5) is 2.40. The zero-order valence-electron chi connectivity index (χ0n) is 12.1. The van der Waals surface area contributed by atoms with Crippen LogP contribution in [0.15, 0.2) is 24.3 Å². The maximum Gasteiger partial charge on any atom is 0.138 e. The van der Waals surface area contributed by atoms with Crippen LogP contribution in [0, 0.1) is 6.92 Å². The number of likely N-dealkylation sites (tertiary alicyclic amines) is 1. The molecule has 0 aliphatic carbocycles. The van der Waals surface area contributed by atoms with Gasteiger partial charge in [-0.25, -0.2) is 0 Å². The Balaban J connectivity index is 1.51. The van der Waals surface area contributed by atoms with Gasteiger partial charge in [-0.05, 0) is 31.4 Å². The molecule has 6 heteroatoms. The Morgan fingerprint density at radius 1 is 1.33 bits per heavy atom. The quantitative estimate of drug-likeness (QED) is 0.934. The van der Waals surface area contributed by atoms with Gasteiger partial charge in [0, 0.05) is 42.9 Å². The van der Waals surface area contributed by atoms with Gasteiger partial charge in [-0.2, -0.15) is 0 Å². The normalized spacial score (nSPS) is 17.0. The average Bonchev–Trinajstić information content (AvgIpc) is 2.89. The SMILES string of the molecule is Cc1ccccc1NC1CCN(Cc2nnsc2Cl)CC1. The lowest BCUT2D eigenvalue weighted by atomic mass is 10.0. The van der Waals surface area contributed by atoms with Crippen LogP contribution in [0.25, 0.3) is 0 Å². The van der Waals surface area contributed by atoms with E-state index in [1.165, 1.54) is 22.8 Å². The molecule has 21 heavy (non-hydrogen) atoms. The van der Waals surface area contributed by atoms with E-state index in [2.05, 4.69) is 51.0 Å². The molecule has 0 spiro atoms. The van der Waals surface area contributed by atoms with Gasteiger partial charge >= 0.3 is 0 Å². The van der Waals surface area contributed by atoms with Gasteiger partial charge < -0.3 is 5.32 Å². The number of anilines is 1. The number of nitrogens with zero attached hydrogens (tertiary/aromatic N) is 3. The van der Waals surface area contributed by atoms with Gasteiger partial charge in [0.25, 0.3) is 0 Å². The van der Waals surface area contributed by atoms with Crippen molar-refractivity contribution in [2.45, 2.75) is 32.4 Å². The lowest BCUT2D eigenvalue weighted by Gasteiger charge is -2.32. The van der Waals surface area contributed by atoms with Crippen LogP contribution in [0.1, 0.15) is 24.1 Å². The summed E-state index contributed by atoms with van der Waals surface area (Å²) in [6.07, 6.45) is 2.28. The third-order valence-electron chi connectivity index (χ3n) is 3.98. The fourth-order valence-electron chi connectivity index (χ4n) is 2.69. The molecular weight excluding hydrogens is 304 g/mol. The van der Waals surface area contributed by atoms with Crippen molar-refractivity contribution in [3.8, 4) is 0 Å². The number of para-hydroxylation sites is 1. The van der Waals surface area contributed by atoms with E-state index in [4.69, 9.17) is 11.6 Å². The lowest BCUT2D eigenvalue weighted by molar-refractivity contribution is 0.209. The number of piperidine rings is 1. The van der Waals surface area contributed by atoms with Crippen molar-refractivity contribution in [3.63, 3.8) is 0 Å². The Morgan fingerprint density at radius 2 is 2.10 bits per heavy atom. The van der Waals surface area contributed by atoms with Gasteiger partial charge in [0.1, 0.15) is 10.0 Å². The van der Waals surface area contributed by atoms with Gasteiger partial charge in [-0.3, -0.25) is 4.90 Å². The molecule has 1 aromatic heterocycles. The zero-order valence-corrected chi connectivity index (χ0v) is 13.6. The Kier molecular flexibility index (Phi) is 4.73. The molecule has 0 saturated carbocycles. The van der Waals surface area contributed by atoms with E-state index in [9.17, 15) is 0 Å². The minimum absolute atomic E-state index is 0.548.